The second-order valence-corrected chi connectivity index (χ2v) is 10.3. The molecule has 0 atom stereocenters. The largest absolute Gasteiger partial charge is 0.344 e. The Morgan fingerprint density at radius 1 is 0.417 bits per heavy atom. The summed E-state index contributed by atoms with van der Waals surface area (Å²) in [6.07, 6.45) is 8.98. The van der Waals surface area contributed by atoms with Gasteiger partial charge in [-0.2, -0.15) is 0 Å². The zero-order chi connectivity index (χ0) is 25.7. The maximum Gasteiger partial charge on any atom is 0.344 e. The third-order valence-electron chi connectivity index (χ3n) is 5.09. The predicted molar refractivity (Wildman–Crippen MR) is 157 cm³/mol. The molecule has 0 aliphatic heterocycles. The van der Waals surface area contributed by atoms with Crippen LogP contribution in [0.2, 0.25) is 0 Å². The van der Waals surface area contributed by atoms with E-state index in [4.69, 9.17) is 0 Å². The molecule has 0 unspecified atom stereocenters. The van der Waals surface area contributed by atoms with Crippen LogP contribution in [0.4, 0.5) is 0 Å². The molecule has 36 heavy (non-hydrogen) atoms. The zero-order valence-corrected chi connectivity index (χ0v) is 23.4. The molecule has 6 nitrogen and oxygen atoms in total. The molecule has 0 saturated carbocycles. The average Bonchev–Trinajstić information content (AvgIpc) is 2.87. The number of benzene rings is 3. The Morgan fingerprint density at radius 2 is 0.639 bits per heavy atom. The van der Waals surface area contributed by atoms with Gasteiger partial charge in [-0.25, -0.2) is 28.1 Å². The van der Waals surface area contributed by atoms with Crippen molar-refractivity contribution in [3.05, 3.63) is 134 Å². The van der Waals surface area contributed by atoms with Crippen LogP contribution in [0.5, 0.6) is 0 Å². The van der Waals surface area contributed by atoms with Crippen LogP contribution in [0.25, 0.3) is 36.8 Å². The summed E-state index contributed by atoms with van der Waals surface area (Å²) in [5.41, 5.74) is 0.0128. The average molecular weight is 672 g/mol. The molecule has 0 bridgehead atoms. The van der Waals surface area contributed by atoms with Crippen LogP contribution in [0.3, 0.4) is 0 Å². The number of hydrogen-bond acceptors (Lipinski definition) is 3. The van der Waals surface area contributed by atoms with E-state index >= 15 is 0 Å². The van der Waals surface area contributed by atoms with Crippen molar-refractivity contribution in [2.45, 2.75) is 0 Å². The Labute approximate surface area is 231 Å². The van der Waals surface area contributed by atoms with E-state index in [-0.39, 0.29) is 0 Å². The fourth-order valence-corrected chi connectivity index (χ4v) is 3.97. The first-order valence-electron chi connectivity index (χ1n) is 10.6. The van der Waals surface area contributed by atoms with E-state index in [1.807, 2.05) is 72.8 Å². The van der Waals surface area contributed by atoms with Gasteiger partial charge in [0.15, 0.2) is 0 Å². The normalized spacial score (nSPS) is 11.8. The lowest BCUT2D eigenvalue weighted by molar-refractivity contribution is 0.711. The Hall–Kier alpha value is -3.27. The highest BCUT2D eigenvalue weighted by molar-refractivity contribution is 9.11. The highest BCUT2D eigenvalue weighted by Gasteiger charge is 2.11. The number of halogens is 3. The Balaban J connectivity index is 1.84. The first-order chi connectivity index (χ1) is 17.3. The summed E-state index contributed by atoms with van der Waals surface area (Å²) in [6.45, 7) is 0. The molecule has 0 saturated heterocycles. The molecule has 0 amide bonds. The highest BCUT2D eigenvalue weighted by atomic mass is 79.9. The van der Waals surface area contributed by atoms with Crippen molar-refractivity contribution in [3.8, 4) is 0 Å². The monoisotopic (exact) mass is 669 g/mol. The Bertz CT molecular complexity index is 1410. The molecule has 0 aliphatic carbocycles. The zero-order valence-electron chi connectivity index (χ0n) is 18.6. The molecule has 4 aromatic rings. The van der Waals surface area contributed by atoms with Crippen molar-refractivity contribution in [2.75, 3.05) is 0 Å². The number of rotatable bonds is 6. The second kappa shape index (κ2) is 11.6. The van der Waals surface area contributed by atoms with Crippen LogP contribution in [0.1, 0.15) is 16.7 Å². The van der Waals surface area contributed by atoms with Crippen LogP contribution < -0.4 is 17.1 Å². The van der Waals surface area contributed by atoms with E-state index in [1.54, 1.807) is 18.2 Å². The molecule has 0 radical (unpaired) electrons. The van der Waals surface area contributed by atoms with Gasteiger partial charge in [0.25, 0.3) is 0 Å². The van der Waals surface area contributed by atoms with Crippen molar-refractivity contribution in [1.82, 2.24) is 13.7 Å². The third-order valence-corrected chi connectivity index (χ3v) is 6.68. The Morgan fingerprint density at radius 3 is 0.861 bits per heavy atom. The summed E-state index contributed by atoms with van der Waals surface area (Å²) in [6, 6.07) is 22.1. The van der Waals surface area contributed by atoms with E-state index < -0.39 is 17.1 Å². The van der Waals surface area contributed by atoms with Gasteiger partial charge in [0, 0.05) is 32.0 Å². The van der Waals surface area contributed by atoms with Gasteiger partial charge in [0.1, 0.15) is 0 Å². The van der Waals surface area contributed by atoms with Crippen molar-refractivity contribution < 1.29 is 0 Å². The molecule has 0 aliphatic rings. The predicted octanol–water partition coefficient (Wildman–Crippen LogP) is 6.34. The minimum atomic E-state index is -0.778. The van der Waals surface area contributed by atoms with E-state index in [0.29, 0.717) is 0 Å². The molecule has 0 fully saturated rings. The van der Waals surface area contributed by atoms with Crippen LogP contribution in [0.15, 0.2) is 101 Å². The maximum absolute atomic E-state index is 13.2. The number of aromatic nitrogens is 3. The van der Waals surface area contributed by atoms with Crippen LogP contribution >= 0.6 is 47.8 Å². The SMILES string of the molecule is O=c1n(/C=C/c2ccc(Br)cc2)c(=O)n(/C=C/c2ccc(Br)cc2)c(=O)n1/C=C/c1ccc(Br)cc1. The highest BCUT2D eigenvalue weighted by Crippen LogP contribution is 2.13. The first-order valence-corrected chi connectivity index (χ1v) is 13.0. The Kier molecular flexibility index (Phi) is 8.35. The van der Waals surface area contributed by atoms with Crippen molar-refractivity contribution >= 4 is 84.6 Å². The van der Waals surface area contributed by atoms with Crippen molar-refractivity contribution in [3.63, 3.8) is 0 Å². The minimum Gasteiger partial charge on any atom is -0.247 e. The van der Waals surface area contributed by atoms with E-state index in [0.717, 1.165) is 43.8 Å². The smallest absolute Gasteiger partial charge is 0.247 e. The molecule has 1 aromatic heterocycles. The number of hydrogen-bond donors (Lipinski definition) is 0. The van der Waals surface area contributed by atoms with Gasteiger partial charge >= 0.3 is 17.1 Å². The lowest BCUT2D eigenvalue weighted by Gasteiger charge is -2.07. The summed E-state index contributed by atoms with van der Waals surface area (Å²) < 4.78 is 5.43. The van der Waals surface area contributed by atoms with Gasteiger partial charge < -0.3 is 0 Å². The topological polar surface area (TPSA) is 66.0 Å². The molecule has 0 N–H and O–H groups in total. The lowest BCUT2D eigenvalue weighted by Crippen LogP contribution is -2.50. The summed E-state index contributed by atoms with van der Waals surface area (Å²) in [5, 5.41) is 0. The van der Waals surface area contributed by atoms with Crippen LogP contribution in [-0.4, -0.2) is 13.7 Å². The molecule has 3 aromatic carbocycles. The fraction of sp³-hybridized carbons (Fsp3) is 0. The van der Waals surface area contributed by atoms with Crippen molar-refractivity contribution in [2.24, 2.45) is 0 Å². The lowest BCUT2D eigenvalue weighted by atomic mass is 10.2. The van der Waals surface area contributed by atoms with Gasteiger partial charge in [-0.3, -0.25) is 0 Å². The minimum absolute atomic E-state index is 0.778. The molecular formula is C27H18Br3N3O3. The molecular weight excluding hydrogens is 654 g/mol. The fourth-order valence-electron chi connectivity index (χ4n) is 3.18. The van der Waals surface area contributed by atoms with Gasteiger partial charge in [-0.15, -0.1) is 0 Å². The molecule has 9 heteroatoms. The van der Waals surface area contributed by atoms with E-state index in [2.05, 4.69) is 47.8 Å². The van der Waals surface area contributed by atoms with E-state index in [9.17, 15) is 14.4 Å². The maximum atomic E-state index is 13.2. The molecule has 1 heterocycles. The van der Waals surface area contributed by atoms with Gasteiger partial charge in [0.05, 0.1) is 0 Å². The molecule has 180 valence electrons. The number of nitrogens with zero attached hydrogens (tertiary/aromatic N) is 3. The van der Waals surface area contributed by atoms with Crippen LogP contribution in [0, 0.1) is 0 Å². The summed E-state index contributed by atoms with van der Waals surface area (Å²) in [5.74, 6) is 0. The van der Waals surface area contributed by atoms with Gasteiger partial charge in [0.2, 0.25) is 0 Å². The summed E-state index contributed by atoms with van der Waals surface area (Å²) in [7, 11) is 0. The van der Waals surface area contributed by atoms with E-state index in [1.165, 1.54) is 18.6 Å². The quantitative estimate of drug-likeness (QED) is 0.240. The molecule has 4 rings (SSSR count). The van der Waals surface area contributed by atoms with Crippen molar-refractivity contribution in [1.29, 1.82) is 0 Å². The standard InChI is InChI=1S/C27H18Br3N3O3/c28-22-7-1-19(2-8-22)13-16-31-25(34)32(17-14-20-3-9-23(29)10-4-20)27(36)33(26(31)35)18-15-21-5-11-24(30)12-6-21/h1-18H/b16-13+,17-14+,18-15+. The second-order valence-electron chi connectivity index (χ2n) is 7.56. The van der Waals surface area contributed by atoms with Gasteiger partial charge in [-0.1, -0.05) is 84.2 Å². The summed E-state index contributed by atoms with van der Waals surface area (Å²) >= 11 is 10.1. The first kappa shape index (κ1) is 25.8. The molecule has 0 spiro atoms. The third kappa shape index (κ3) is 6.29. The van der Waals surface area contributed by atoms with Crippen LogP contribution in [-0.2, 0) is 0 Å². The van der Waals surface area contributed by atoms with Gasteiger partial charge in [-0.05, 0) is 71.3 Å². The summed E-state index contributed by atoms with van der Waals surface area (Å²) in [4.78, 5) is 39.6.